The molecule has 0 spiro atoms. The predicted molar refractivity (Wildman–Crippen MR) is 170 cm³/mol. The molecular weight excluding hydrogens is 604 g/mol. The zero-order valence-electron chi connectivity index (χ0n) is 26.2. The summed E-state index contributed by atoms with van der Waals surface area (Å²) in [5.74, 6) is -0.489. The largest absolute Gasteiger partial charge is 0.455 e. The van der Waals surface area contributed by atoms with Gasteiger partial charge in [0.1, 0.15) is 30.5 Å². The third kappa shape index (κ3) is 12.5. The van der Waals surface area contributed by atoms with E-state index in [0.717, 1.165) is 12.8 Å². The molecule has 3 heterocycles. The van der Waals surface area contributed by atoms with Gasteiger partial charge in [-0.05, 0) is 39.2 Å². The lowest BCUT2D eigenvalue weighted by Crippen LogP contribution is -2.54. The maximum atomic E-state index is 12.7. The minimum Gasteiger partial charge on any atom is -0.455 e. The predicted octanol–water partition coefficient (Wildman–Crippen LogP) is 3.92. The van der Waals surface area contributed by atoms with E-state index in [1.54, 1.807) is 38.2 Å². The van der Waals surface area contributed by atoms with Crippen molar-refractivity contribution in [1.82, 2.24) is 0 Å². The molecule has 0 aromatic heterocycles. The highest BCUT2D eigenvalue weighted by Crippen LogP contribution is 2.30. The summed E-state index contributed by atoms with van der Waals surface area (Å²) in [5.41, 5.74) is 0. The Balaban J connectivity index is 1.73. The maximum absolute atomic E-state index is 12.7. The summed E-state index contributed by atoms with van der Waals surface area (Å²) in [5, 5.41) is 41.7. The van der Waals surface area contributed by atoms with Crippen LogP contribution in [0.1, 0.15) is 59.3 Å². The molecule has 0 radical (unpaired) electrons. The van der Waals surface area contributed by atoms with Gasteiger partial charge in [-0.25, -0.2) is 0 Å². The highest BCUT2D eigenvalue weighted by molar-refractivity contribution is 6.21. The van der Waals surface area contributed by atoms with Gasteiger partial charge in [-0.15, -0.1) is 11.6 Å². The SMILES string of the molecule is CC/C=C\C\C=C/C=C/C=C/C=C\[C@@H]1OC(=O)CCC(Cl)/C=C\[C@H](O)[C@H]1O[C@H]1C[C@@H](O[C@H]2C[C@@H](O)[C@@H](O)[C@@H](C)O2)[C@@H](O)[C@@H](C)O1. The molecule has 2 saturated heterocycles. The van der Waals surface area contributed by atoms with Crippen LogP contribution < -0.4 is 0 Å². The van der Waals surface area contributed by atoms with Crippen molar-refractivity contribution >= 4 is 17.6 Å². The molecule has 0 saturated carbocycles. The van der Waals surface area contributed by atoms with Crippen LogP contribution in [0.5, 0.6) is 0 Å². The van der Waals surface area contributed by atoms with E-state index < -0.39 is 78.9 Å². The van der Waals surface area contributed by atoms with Crippen molar-refractivity contribution in [3.8, 4) is 0 Å². The van der Waals surface area contributed by atoms with E-state index in [0.29, 0.717) is 6.42 Å². The van der Waals surface area contributed by atoms with E-state index in [1.807, 2.05) is 30.4 Å². The molecule has 4 N–H and O–H groups in total. The highest BCUT2D eigenvalue weighted by Gasteiger charge is 2.43. The average Bonchev–Trinajstić information content (AvgIpc) is 3.00. The molecule has 0 aliphatic carbocycles. The molecule has 2 fully saturated rings. The topological polar surface area (TPSA) is 144 Å². The first kappa shape index (κ1) is 37.3. The van der Waals surface area contributed by atoms with Crippen molar-refractivity contribution in [2.45, 2.75) is 132 Å². The van der Waals surface area contributed by atoms with Crippen LogP contribution in [0.15, 0.2) is 72.9 Å². The molecule has 3 aliphatic rings. The molecule has 3 aliphatic heterocycles. The Morgan fingerprint density at radius 1 is 0.867 bits per heavy atom. The molecule has 0 aromatic carbocycles. The van der Waals surface area contributed by atoms with Crippen LogP contribution in [0, 0.1) is 0 Å². The van der Waals surface area contributed by atoms with Gasteiger partial charge in [0.15, 0.2) is 12.6 Å². The van der Waals surface area contributed by atoms with Gasteiger partial charge >= 0.3 is 5.97 Å². The van der Waals surface area contributed by atoms with E-state index in [4.69, 9.17) is 35.3 Å². The van der Waals surface area contributed by atoms with Crippen molar-refractivity contribution in [2.75, 3.05) is 0 Å². The van der Waals surface area contributed by atoms with Crippen LogP contribution in [0.25, 0.3) is 0 Å². The van der Waals surface area contributed by atoms with Gasteiger partial charge in [-0.3, -0.25) is 4.79 Å². The number of allylic oxidation sites excluding steroid dienone is 10. The Labute approximate surface area is 271 Å². The molecule has 12 atom stereocenters. The molecule has 0 aromatic rings. The molecule has 1 unspecified atom stereocenters. The fraction of sp³-hybridized carbons (Fsp3) is 0.618. The molecule has 252 valence electrons. The van der Waals surface area contributed by atoms with Gasteiger partial charge in [0, 0.05) is 19.3 Å². The Kier molecular flexibility index (Phi) is 16.2. The molecule has 10 nitrogen and oxygen atoms in total. The van der Waals surface area contributed by atoms with Crippen molar-refractivity contribution < 1.29 is 48.9 Å². The third-order valence-corrected chi connectivity index (χ3v) is 8.06. The summed E-state index contributed by atoms with van der Waals surface area (Å²) in [7, 11) is 0. The summed E-state index contributed by atoms with van der Waals surface area (Å²) in [6, 6.07) is 0. The lowest BCUT2D eigenvalue weighted by molar-refractivity contribution is -0.316. The maximum Gasteiger partial charge on any atom is 0.306 e. The fourth-order valence-electron chi connectivity index (χ4n) is 5.12. The quantitative estimate of drug-likeness (QED) is 0.112. The van der Waals surface area contributed by atoms with Gasteiger partial charge in [-0.1, -0.05) is 73.8 Å². The van der Waals surface area contributed by atoms with Crippen molar-refractivity contribution in [3.63, 3.8) is 0 Å². The minimum absolute atomic E-state index is 0.0271. The van der Waals surface area contributed by atoms with Crippen LogP contribution in [0.2, 0.25) is 0 Å². The number of halogens is 1. The van der Waals surface area contributed by atoms with Crippen LogP contribution in [-0.4, -0.2) is 99.3 Å². The number of aliphatic hydroxyl groups excluding tert-OH is 4. The molecule has 45 heavy (non-hydrogen) atoms. The monoisotopic (exact) mass is 652 g/mol. The van der Waals surface area contributed by atoms with Crippen LogP contribution in [-0.2, 0) is 28.5 Å². The van der Waals surface area contributed by atoms with Gasteiger partial charge in [0.05, 0.1) is 29.8 Å². The number of cyclic esters (lactones) is 1. The normalized spacial score (nSPS) is 39.8. The van der Waals surface area contributed by atoms with E-state index >= 15 is 0 Å². The Hall–Kier alpha value is -2.12. The minimum atomic E-state index is -1.22. The molecule has 0 bridgehead atoms. The second-order valence-corrected chi connectivity index (χ2v) is 12.0. The van der Waals surface area contributed by atoms with Gasteiger partial charge in [-0.2, -0.15) is 0 Å². The number of aliphatic hydroxyl groups is 4. The Bertz CT molecular complexity index is 1060. The average molecular weight is 653 g/mol. The fourth-order valence-corrected chi connectivity index (χ4v) is 5.31. The summed E-state index contributed by atoms with van der Waals surface area (Å²) in [6.07, 6.45) is 14.1. The standard InChI is InChI=1S/C34H49ClO10/c1-4-5-6-7-8-9-10-11-12-13-14-15-27-34(25(36)18-16-24(35)17-19-29(38)43-27)45-31-21-28(33(40)23(3)42-31)44-30-20-26(37)32(39)22(2)41-30/h5-6,8-16,18,22-28,30-34,36-37,39-40H,4,7,17,19-21H2,1-3H3/b6-5-,9-8-,11-10+,13-12+,15-14-,18-16-/t22-,23-,24?,25+,26-,27+,28-,30+,31+,32+,33+,34-/m1/s1. The van der Waals surface area contributed by atoms with Crippen LogP contribution in [0.4, 0.5) is 0 Å². The zero-order valence-corrected chi connectivity index (χ0v) is 27.0. The number of rotatable bonds is 11. The summed E-state index contributed by atoms with van der Waals surface area (Å²) in [4.78, 5) is 12.7. The van der Waals surface area contributed by atoms with E-state index in [1.165, 1.54) is 6.08 Å². The van der Waals surface area contributed by atoms with E-state index in [2.05, 4.69) is 19.1 Å². The second-order valence-electron chi connectivity index (χ2n) is 11.4. The van der Waals surface area contributed by atoms with Gasteiger partial charge in [0.25, 0.3) is 0 Å². The van der Waals surface area contributed by atoms with E-state index in [9.17, 15) is 25.2 Å². The first-order valence-corrected chi connectivity index (χ1v) is 16.2. The van der Waals surface area contributed by atoms with Crippen molar-refractivity contribution in [1.29, 1.82) is 0 Å². The lowest BCUT2D eigenvalue weighted by Gasteiger charge is -2.43. The lowest BCUT2D eigenvalue weighted by atomic mass is 10.00. The number of carbonyl (C=O) groups is 1. The Morgan fingerprint density at radius 3 is 2.24 bits per heavy atom. The first-order chi connectivity index (χ1) is 21.6. The number of alkyl halides is 1. The second kappa shape index (κ2) is 19.5. The highest BCUT2D eigenvalue weighted by atomic mass is 35.5. The number of esters is 1. The number of carbonyl (C=O) groups excluding carboxylic acids is 1. The summed E-state index contributed by atoms with van der Waals surface area (Å²) < 4.78 is 29.6. The molecule has 0 amide bonds. The van der Waals surface area contributed by atoms with Crippen molar-refractivity contribution in [3.05, 3.63) is 72.9 Å². The van der Waals surface area contributed by atoms with Crippen molar-refractivity contribution in [2.24, 2.45) is 0 Å². The number of hydrogen-bond donors (Lipinski definition) is 4. The van der Waals surface area contributed by atoms with Gasteiger partial charge in [0.2, 0.25) is 0 Å². The zero-order chi connectivity index (χ0) is 32.8. The van der Waals surface area contributed by atoms with E-state index in [-0.39, 0.29) is 19.3 Å². The summed E-state index contributed by atoms with van der Waals surface area (Å²) in [6.45, 7) is 5.38. The number of ether oxygens (including phenoxy) is 5. The molecule has 3 rings (SSSR count). The van der Waals surface area contributed by atoms with Crippen LogP contribution >= 0.6 is 11.6 Å². The molecular formula is C34H49ClO10. The Morgan fingerprint density at radius 2 is 1.53 bits per heavy atom. The summed E-state index contributed by atoms with van der Waals surface area (Å²) >= 11 is 6.29. The van der Waals surface area contributed by atoms with Crippen LogP contribution in [0.3, 0.4) is 0 Å². The third-order valence-electron chi connectivity index (χ3n) is 7.70. The molecule has 11 heteroatoms. The van der Waals surface area contributed by atoms with Gasteiger partial charge < -0.3 is 44.1 Å². The first-order valence-electron chi connectivity index (χ1n) is 15.8. The smallest absolute Gasteiger partial charge is 0.306 e. The number of hydrogen-bond acceptors (Lipinski definition) is 10.